The molecule has 1 rings (SSSR count). The quantitative estimate of drug-likeness (QED) is 0.786. The van der Waals surface area contributed by atoms with E-state index in [2.05, 4.69) is 22.2 Å². The smallest absolute Gasteiger partial charge is 0.273 e. The molecule has 0 aromatic carbocycles. The molecule has 0 aliphatic carbocycles. The Morgan fingerprint density at radius 1 is 1.45 bits per heavy atom. The van der Waals surface area contributed by atoms with Crippen LogP contribution in [0.4, 0.5) is 5.82 Å². The molecule has 0 aliphatic rings. The maximum absolute atomic E-state index is 12.2. The number of amides is 1. The summed E-state index contributed by atoms with van der Waals surface area (Å²) in [5.41, 5.74) is 0.346. The molecule has 1 heterocycles. The van der Waals surface area contributed by atoms with Crippen molar-refractivity contribution >= 4 is 11.7 Å². The van der Waals surface area contributed by atoms with Crippen LogP contribution in [0.1, 0.15) is 37.7 Å². The van der Waals surface area contributed by atoms with E-state index in [1.54, 1.807) is 18.1 Å². The number of nitrogens with one attached hydrogen (secondary N) is 1. The standard InChI is InChI=1S/C14H24N4O2/c1-5-6-16-13-10-15-9-12(17-13)14(19)18(4)7-8-20-11(2)3/h9-11H,5-8H2,1-4H3,(H,16,17). The monoisotopic (exact) mass is 280 g/mol. The Morgan fingerprint density at radius 2 is 2.20 bits per heavy atom. The predicted octanol–water partition coefficient (Wildman–Crippen LogP) is 1.80. The highest BCUT2D eigenvalue weighted by molar-refractivity contribution is 5.92. The normalized spacial score (nSPS) is 10.7. The molecular formula is C14H24N4O2. The molecule has 0 saturated carbocycles. The maximum atomic E-state index is 12.2. The summed E-state index contributed by atoms with van der Waals surface area (Å²) in [4.78, 5) is 22.1. The average molecular weight is 280 g/mol. The van der Waals surface area contributed by atoms with Crippen LogP contribution < -0.4 is 5.32 Å². The van der Waals surface area contributed by atoms with Crippen LogP contribution in [0.2, 0.25) is 0 Å². The van der Waals surface area contributed by atoms with E-state index in [4.69, 9.17) is 4.74 Å². The second kappa shape index (κ2) is 8.47. The lowest BCUT2D eigenvalue weighted by molar-refractivity contribution is 0.0529. The van der Waals surface area contributed by atoms with Crippen molar-refractivity contribution in [2.45, 2.75) is 33.3 Å². The average Bonchev–Trinajstić information content (AvgIpc) is 2.44. The van der Waals surface area contributed by atoms with Crippen LogP contribution in [0, 0.1) is 0 Å². The van der Waals surface area contributed by atoms with Gasteiger partial charge in [-0.1, -0.05) is 6.92 Å². The molecule has 1 N–H and O–H groups in total. The number of carbonyl (C=O) groups is 1. The zero-order chi connectivity index (χ0) is 15.0. The number of ether oxygens (including phenoxy) is 1. The molecule has 1 aromatic heterocycles. The van der Waals surface area contributed by atoms with Crippen LogP contribution in [0.5, 0.6) is 0 Å². The van der Waals surface area contributed by atoms with Crippen molar-refractivity contribution in [2.24, 2.45) is 0 Å². The minimum Gasteiger partial charge on any atom is -0.377 e. The molecule has 0 unspecified atom stereocenters. The van der Waals surface area contributed by atoms with Crippen molar-refractivity contribution in [3.05, 3.63) is 18.1 Å². The second-order valence-electron chi connectivity index (χ2n) is 4.86. The van der Waals surface area contributed by atoms with Gasteiger partial charge in [-0.2, -0.15) is 0 Å². The molecule has 1 aromatic rings. The van der Waals surface area contributed by atoms with E-state index in [-0.39, 0.29) is 12.0 Å². The number of carbonyl (C=O) groups excluding carboxylic acids is 1. The van der Waals surface area contributed by atoms with Gasteiger partial charge in [0.25, 0.3) is 5.91 Å². The minimum atomic E-state index is -0.148. The van der Waals surface area contributed by atoms with Crippen molar-refractivity contribution in [2.75, 3.05) is 32.1 Å². The molecule has 0 spiro atoms. The van der Waals surface area contributed by atoms with E-state index >= 15 is 0 Å². The van der Waals surface area contributed by atoms with Crippen molar-refractivity contribution in [3.63, 3.8) is 0 Å². The third-order valence-electron chi connectivity index (χ3n) is 2.63. The molecule has 0 fully saturated rings. The number of hydrogen-bond acceptors (Lipinski definition) is 5. The van der Waals surface area contributed by atoms with E-state index in [0.717, 1.165) is 13.0 Å². The first kappa shape index (κ1) is 16.4. The Kier molecular flexibility index (Phi) is 6.93. The minimum absolute atomic E-state index is 0.148. The molecule has 1 amide bonds. The Balaban J connectivity index is 2.57. The van der Waals surface area contributed by atoms with Crippen LogP contribution in [0.15, 0.2) is 12.4 Å². The molecule has 0 saturated heterocycles. The summed E-state index contributed by atoms with van der Waals surface area (Å²) in [5, 5.41) is 3.12. The molecule has 6 heteroatoms. The van der Waals surface area contributed by atoms with Crippen LogP contribution >= 0.6 is 0 Å². The van der Waals surface area contributed by atoms with Gasteiger partial charge in [0.1, 0.15) is 11.5 Å². The zero-order valence-corrected chi connectivity index (χ0v) is 12.7. The van der Waals surface area contributed by atoms with Crippen LogP contribution in [0.3, 0.4) is 0 Å². The van der Waals surface area contributed by atoms with Crippen LogP contribution in [-0.2, 0) is 4.74 Å². The second-order valence-corrected chi connectivity index (χ2v) is 4.86. The van der Waals surface area contributed by atoms with Gasteiger partial charge in [0.15, 0.2) is 0 Å². The summed E-state index contributed by atoms with van der Waals surface area (Å²) in [7, 11) is 1.74. The topological polar surface area (TPSA) is 67.4 Å². The van der Waals surface area contributed by atoms with Gasteiger partial charge in [-0.3, -0.25) is 9.78 Å². The molecule has 0 atom stereocenters. The summed E-state index contributed by atoms with van der Waals surface area (Å²) in [5.74, 6) is 0.481. The van der Waals surface area contributed by atoms with Gasteiger partial charge in [-0.15, -0.1) is 0 Å². The molecule has 0 bridgehead atoms. The van der Waals surface area contributed by atoms with E-state index in [0.29, 0.717) is 24.7 Å². The van der Waals surface area contributed by atoms with Gasteiger partial charge in [-0.05, 0) is 20.3 Å². The Labute approximate surface area is 120 Å². The van der Waals surface area contributed by atoms with Gasteiger partial charge < -0.3 is 15.0 Å². The predicted molar refractivity (Wildman–Crippen MR) is 78.9 cm³/mol. The number of rotatable bonds is 8. The zero-order valence-electron chi connectivity index (χ0n) is 12.7. The fourth-order valence-corrected chi connectivity index (χ4v) is 1.53. The third-order valence-corrected chi connectivity index (χ3v) is 2.63. The van der Waals surface area contributed by atoms with Gasteiger partial charge in [-0.25, -0.2) is 4.98 Å². The highest BCUT2D eigenvalue weighted by Gasteiger charge is 2.14. The van der Waals surface area contributed by atoms with E-state index < -0.39 is 0 Å². The summed E-state index contributed by atoms with van der Waals surface area (Å²) in [6.45, 7) is 7.86. The first-order valence-electron chi connectivity index (χ1n) is 6.97. The lowest BCUT2D eigenvalue weighted by Crippen LogP contribution is -2.31. The lowest BCUT2D eigenvalue weighted by atomic mass is 10.3. The van der Waals surface area contributed by atoms with Crippen molar-refractivity contribution in [1.82, 2.24) is 14.9 Å². The molecule has 6 nitrogen and oxygen atoms in total. The van der Waals surface area contributed by atoms with E-state index in [1.165, 1.54) is 6.20 Å². The van der Waals surface area contributed by atoms with Gasteiger partial charge in [0.05, 0.1) is 25.1 Å². The summed E-state index contributed by atoms with van der Waals surface area (Å²) < 4.78 is 5.43. The van der Waals surface area contributed by atoms with E-state index in [1.807, 2.05) is 13.8 Å². The number of anilines is 1. The van der Waals surface area contributed by atoms with Crippen molar-refractivity contribution in [1.29, 1.82) is 0 Å². The highest BCUT2D eigenvalue weighted by Crippen LogP contribution is 2.05. The summed E-state index contributed by atoms with van der Waals surface area (Å²) in [6.07, 6.45) is 4.26. The fraction of sp³-hybridized carbons (Fsp3) is 0.643. The van der Waals surface area contributed by atoms with Crippen LogP contribution in [0.25, 0.3) is 0 Å². The fourth-order valence-electron chi connectivity index (χ4n) is 1.53. The maximum Gasteiger partial charge on any atom is 0.273 e. The summed E-state index contributed by atoms with van der Waals surface area (Å²) >= 11 is 0. The Morgan fingerprint density at radius 3 is 2.85 bits per heavy atom. The van der Waals surface area contributed by atoms with Gasteiger partial charge in [0, 0.05) is 20.1 Å². The number of aromatic nitrogens is 2. The summed E-state index contributed by atoms with van der Waals surface area (Å²) in [6, 6.07) is 0. The third kappa shape index (κ3) is 5.52. The van der Waals surface area contributed by atoms with E-state index in [9.17, 15) is 4.79 Å². The van der Waals surface area contributed by atoms with Crippen molar-refractivity contribution < 1.29 is 9.53 Å². The molecule has 0 radical (unpaired) electrons. The Hall–Kier alpha value is -1.69. The Bertz CT molecular complexity index is 423. The first-order chi connectivity index (χ1) is 9.54. The number of nitrogens with zero attached hydrogens (tertiary/aromatic N) is 3. The molecular weight excluding hydrogens is 256 g/mol. The number of likely N-dealkylation sites (N-methyl/N-ethyl adjacent to an activating group) is 1. The highest BCUT2D eigenvalue weighted by atomic mass is 16.5. The SMILES string of the molecule is CCCNc1cncc(C(=O)N(C)CCOC(C)C)n1. The lowest BCUT2D eigenvalue weighted by Gasteiger charge is -2.17. The molecule has 20 heavy (non-hydrogen) atoms. The largest absolute Gasteiger partial charge is 0.377 e. The molecule has 112 valence electrons. The first-order valence-corrected chi connectivity index (χ1v) is 6.97. The molecule has 0 aliphatic heterocycles. The number of hydrogen-bond donors (Lipinski definition) is 1. The van der Waals surface area contributed by atoms with Crippen LogP contribution in [-0.4, -0.2) is 53.6 Å². The van der Waals surface area contributed by atoms with Crippen molar-refractivity contribution in [3.8, 4) is 0 Å². The van der Waals surface area contributed by atoms with Gasteiger partial charge in [0.2, 0.25) is 0 Å². The van der Waals surface area contributed by atoms with Gasteiger partial charge >= 0.3 is 0 Å².